The van der Waals surface area contributed by atoms with Gasteiger partial charge in [-0.3, -0.25) is 0 Å². The maximum atomic E-state index is 8.88. The first-order chi connectivity index (χ1) is 9.76. The van der Waals surface area contributed by atoms with E-state index in [1.54, 1.807) is 0 Å². The van der Waals surface area contributed by atoms with Crippen LogP contribution in [0, 0.1) is 23.7 Å². The Bertz CT molecular complexity index is 187. The van der Waals surface area contributed by atoms with Crippen LogP contribution in [0.4, 0.5) is 0 Å². The maximum absolute atomic E-state index is 8.88. The second-order valence-corrected chi connectivity index (χ2v) is 6.34. The molecule has 2 aliphatic carbocycles. The van der Waals surface area contributed by atoms with E-state index in [9.17, 15) is 0 Å². The third kappa shape index (κ3) is 5.68. The lowest BCUT2D eigenvalue weighted by Gasteiger charge is -2.28. The minimum absolute atomic E-state index is 0.255. The number of hydrogen-bond donors (Lipinski definition) is 4. The molecule has 0 aromatic heterocycles. The Morgan fingerprint density at radius 2 is 0.650 bits per heavy atom. The lowest BCUT2D eigenvalue weighted by molar-refractivity contribution is 0.0869. The highest BCUT2D eigenvalue weighted by atomic mass is 16.3. The molecule has 2 fully saturated rings. The minimum atomic E-state index is 0.255. The number of rotatable bonds is 4. The summed E-state index contributed by atoms with van der Waals surface area (Å²) in [6, 6.07) is 0. The molecular formula is C16H32O4. The quantitative estimate of drug-likeness (QED) is 0.633. The summed E-state index contributed by atoms with van der Waals surface area (Å²) in [6.45, 7) is 1.02. The molecular weight excluding hydrogens is 256 g/mol. The lowest BCUT2D eigenvalue weighted by atomic mass is 9.80. The number of hydrogen-bond acceptors (Lipinski definition) is 4. The van der Waals surface area contributed by atoms with E-state index in [1.165, 1.54) is 25.7 Å². The average Bonchev–Trinajstić information content (AvgIpc) is 2.55. The Morgan fingerprint density at radius 1 is 0.450 bits per heavy atom. The van der Waals surface area contributed by atoms with Gasteiger partial charge < -0.3 is 20.4 Å². The van der Waals surface area contributed by atoms with Crippen LogP contribution in [-0.4, -0.2) is 46.9 Å². The molecule has 0 aliphatic heterocycles. The Hall–Kier alpha value is -0.160. The third-order valence-corrected chi connectivity index (χ3v) is 5.07. The molecule has 0 aromatic rings. The van der Waals surface area contributed by atoms with Gasteiger partial charge in [0.2, 0.25) is 0 Å². The summed E-state index contributed by atoms with van der Waals surface area (Å²) in [5.41, 5.74) is 0. The van der Waals surface area contributed by atoms with Crippen LogP contribution < -0.4 is 0 Å². The highest BCUT2D eigenvalue weighted by Crippen LogP contribution is 2.29. The van der Waals surface area contributed by atoms with Gasteiger partial charge in [-0.25, -0.2) is 0 Å². The summed E-state index contributed by atoms with van der Waals surface area (Å²) in [5, 5.41) is 35.5. The standard InChI is InChI=1S/2C8H16O2/c2*9-5-7-3-1-2-4-8(7)6-10/h2*7-10H,1-6H2. The molecule has 4 unspecified atom stereocenters. The van der Waals surface area contributed by atoms with Gasteiger partial charge in [0.25, 0.3) is 0 Å². The zero-order valence-corrected chi connectivity index (χ0v) is 12.6. The van der Waals surface area contributed by atoms with Crippen LogP contribution in [0.25, 0.3) is 0 Å². The third-order valence-electron chi connectivity index (χ3n) is 5.07. The van der Waals surface area contributed by atoms with Crippen LogP contribution in [0.15, 0.2) is 0 Å². The van der Waals surface area contributed by atoms with Crippen molar-refractivity contribution in [3.8, 4) is 0 Å². The largest absolute Gasteiger partial charge is 0.396 e. The molecule has 0 radical (unpaired) electrons. The molecule has 4 N–H and O–H groups in total. The Labute approximate surface area is 122 Å². The van der Waals surface area contributed by atoms with E-state index in [-0.39, 0.29) is 26.4 Å². The zero-order valence-electron chi connectivity index (χ0n) is 12.6. The summed E-state index contributed by atoms with van der Waals surface area (Å²) in [7, 11) is 0. The van der Waals surface area contributed by atoms with Gasteiger partial charge in [-0.2, -0.15) is 0 Å². The lowest BCUT2D eigenvalue weighted by Crippen LogP contribution is -2.25. The number of aliphatic hydroxyl groups excluding tert-OH is 4. The Morgan fingerprint density at radius 3 is 0.800 bits per heavy atom. The van der Waals surface area contributed by atoms with Crippen molar-refractivity contribution in [2.45, 2.75) is 51.4 Å². The van der Waals surface area contributed by atoms with E-state index in [2.05, 4.69) is 0 Å². The van der Waals surface area contributed by atoms with Crippen molar-refractivity contribution in [2.24, 2.45) is 23.7 Å². The monoisotopic (exact) mass is 288 g/mol. The minimum Gasteiger partial charge on any atom is -0.396 e. The first-order valence-corrected chi connectivity index (χ1v) is 8.20. The van der Waals surface area contributed by atoms with Gasteiger partial charge in [-0.05, 0) is 49.4 Å². The molecule has 0 heterocycles. The Balaban J connectivity index is 0.000000200. The second kappa shape index (κ2) is 10.6. The SMILES string of the molecule is OCC1CCCCC1CO.OCC1CCCCC1CO. The summed E-state index contributed by atoms with van der Waals surface area (Å²) in [4.78, 5) is 0. The number of aliphatic hydroxyl groups is 4. The van der Waals surface area contributed by atoms with Gasteiger partial charge >= 0.3 is 0 Å². The van der Waals surface area contributed by atoms with Gasteiger partial charge in [0.15, 0.2) is 0 Å². The molecule has 0 bridgehead atoms. The summed E-state index contributed by atoms with van der Waals surface area (Å²) in [6.07, 6.45) is 9.29. The second-order valence-electron chi connectivity index (χ2n) is 6.34. The molecule has 4 heteroatoms. The van der Waals surface area contributed by atoms with Crippen LogP contribution >= 0.6 is 0 Å². The molecule has 120 valence electrons. The maximum Gasteiger partial charge on any atom is 0.0462 e. The van der Waals surface area contributed by atoms with E-state index in [0.29, 0.717) is 23.7 Å². The van der Waals surface area contributed by atoms with Crippen molar-refractivity contribution in [1.29, 1.82) is 0 Å². The van der Waals surface area contributed by atoms with Gasteiger partial charge in [-0.1, -0.05) is 25.7 Å². The fraction of sp³-hybridized carbons (Fsp3) is 1.00. The molecule has 2 rings (SSSR count). The van der Waals surface area contributed by atoms with E-state index >= 15 is 0 Å². The van der Waals surface area contributed by atoms with E-state index in [4.69, 9.17) is 20.4 Å². The zero-order chi connectivity index (χ0) is 14.8. The summed E-state index contributed by atoms with van der Waals surface area (Å²) >= 11 is 0. The van der Waals surface area contributed by atoms with Crippen molar-refractivity contribution in [2.75, 3.05) is 26.4 Å². The van der Waals surface area contributed by atoms with E-state index in [1.807, 2.05) is 0 Å². The van der Waals surface area contributed by atoms with E-state index in [0.717, 1.165) is 25.7 Å². The fourth-order valence-corrected chi connectivity index (χ4v) is 3.53. The van der Waals surface area contributed by atoms with Crippen LogP contribution in [-0.2, 0) is 0 Å². The van der Waals surface area contributed by atoms with Crippen molar-refractivity contribution in [1.82, 2.24) is 0 Å². The van der Waals surface area contributed by atoms with Gasteiger partial charge in [0, 0.05) is 26.4 Å². The van der Waals surface area contributed by atoms with E-state index < -0.39 is 0 Å². The molecule has 4 nitrogen and oxygen atoms in total. The molecule has 4 atom stereocenters. The highest BCUT2D eigenvalue weighted by Gasteiger charge is 2.23. The van der Waals surface area contributed by atoms with Gasteiger partial charge in [0.05, 0.1) is 0 Å². The van der Waals surface area contributed by atoms with Crippen molar-refractivity contribution < 1.29 is 20.4 Å². The smallest absolute Gasteiger partial charge is 0.0462 e. The predicted molar refractivity (Wildman–Crippen MR) is 79.2 cm³/mol. The summed E-state index contributed by atoms with van der Waals surface area (Å²) in [5.74, 6) is 1.50. The molecule has 2 aliphatic rings. The van der Waals surface area contributed by atoms with Crippen molar-refractivity contribution in [3.63, 3.8) is 0 Å². The first kappa shape index (κ1) is 17.9. The molecule has 0 amide bonds. The van der Waals surface area contributed by atoms with Crippen molar-refractivity contribution >= 4 is 0 Å². The van der Waals surface area contributed by atoms with Crippen molar-refractivity contribution in [3.05, 3.63) is 0 Å². The predicted octanol–water partition coefficient (Wildman–Crippen LogP) is 1.55. The first-order valence-electron chi connectivity index (χ1n) is 8.20. The normalized spacial score (nSPS) is 34.2. The molecule has 20 heavy (non-hydrogen) atoms. The van der Waals surface area contributed by atoms with Gasteiger partial charge in [0.1, 0.15) is 0 Å². The van der Waals surface area contributed by atoms with Crippen LogP contribution in [0.2, 0.25) is 0 Å². The molecule has 0 saturated heterocycles. The fourth-order valence-electron chi connectivity index (χ4n) is 3.53. The average molecular weight is 288 g/mol. The molecule has 2 saturated carbocycles. The molecule has 0 spiro atoms. The van der Waals surface area contributed by atoms with Crippen LogP contribution in [0.1, 0.15) is 51.4 Å². The van der Waals surface area contributed by atoms with Crippen LogP contribution in [0.5, 0.6) is 0 Å². The van der Waals surface area contributed by atoms with Gasteiger partial charge in [-0.15, -0.1) is 0 Å². The Kier molecular flexibility index (Phi) is 9.44. The summed E-state index contributed by atoms with van der Waals surface area (Å²) < 4.78 is 0. The topological polar surface area (TPSA) is 80.9 Å². The molecule has 0 aromatic carbocycles. The highest BCUT2D eigenvalue weighted by molar-refractivity contribution is 4.74. The van der Waals surface area contributed by atoms with Crippen LogP contribution in [0.3, 0.4) is 0 Å².